The Hall–Kier alpha value is -1.59. The lowest BCUT2D eigenvalue weighted by molar-refractivity contribution is -0.150. The summed E-state index contributed by atoms with van der Waals surface area (Å²) < 4.78 is 10.9. The molecule has 0 amide bonds. The van der Waals surface area contributed by atoms with Crippen LogP contribution in [-0.2, 0) is 20.7 Å². The fraction of sp³-hybridized carbons (Fsp3) is 0.562. The van der Waals surface area contributed by atoms with Gasteiger partial charge in [0.1, 0.15) is 12.7 Å². The maximum absolute atomic E-state index is 11.8. The van der Waals surface area contributed by atoms with E-state index in [0.29, 0.717) is 26.1 Å². The van der Waals surface area contributed by atoms with E-state index in [-0.39, 0.29) is 12.1 Å². The minimum absolute atomic E-state index is 0.00461. The van der Waals surface area contributed by atoms with Crippen LogP contribution < -0.4 is 5.73 Å². The molecule has 0 radical (unpaired) electrons. The fourth-order valence-electron chi connectivity index (χ4n) is 2.42. The van der Waals surface area contributed by atoms with E-state index in [1.807, 2.05) is 24.3 Å². The first-order chi connectivity index (χ1) is 10.2. The third-order valence-corrected chi connectivity index (χ3v) is 3.67. The fourth-order valence-corrected chi connectivity index (χ4v) is 2.42. The third kappa shape index (κ3) is 5.36. The number of esters is 1. The van der Waals surface area contributed by atoms with Gasteiger partial charge in [0.2, 0.25) is 0 Å². The highest BCUT2D eigenvalue weighted by Gasteiger charge is 2.20. The van der Waals surface area contributed by atoms with Crippen LogP contribution in [0.4, 0.5) is 5.69 Å². The lowest BCUT2D eigenvalue weighted by atomic mass is 10.1. The van der Waals surface area contributed by atoms with Crippen molar-refractivity contribution >= 4 is 11.7 Å². The molecular formula is C16H24N2O3. The molecule has 0 aromatic heterocycles. The molecule has 5 nitrogen and oxygen atoms in total. The molecule has 0 saturated carbocycles. The Morgan fingerprint density at radius 3 is 3.14 bits per heavy atom. The summed E-state index contributed by atoms with van der Waals surface area (Å²) in [5, 5.41) is 0. The van der Waals surface area contributed by atoms with Crippen LogP contribution >= 0.6 is 0 Å². The van der Waals surface area contributed by atoms with E-state index in [1.165, 1.54) is 0 Å². The van der Waals surface area contributed by atoms with Gasteiger partial charge in [0, 0.05) is 25.2 Å². The van der Waals surface area contributed by atoms with Crippen LogP contribution in [0.2, 0.25) is 0 Å². The van der Waals surface area contributed by atoms with Crippen molar-refractivity contribution in [1.29, 1.82) is 0 Å². The molecule has 116 valence electrons. The molecule has 2 rings (SSSR count). The molecule has 5 heteroatoms. The second-order valence-corrected chi connectivity index (χ2v) is 5.31. The zero-order chi connectivity index (χ0) is 15.1. The van der Waals surface area contributed by atoms with Gasteiger partial charge in [-0.05, 0) is 30.7 Å². The first-order valence-corrected chi connectivity index (χ1v) is 7.51. The lowest BCUT2D eigenvalue weighted by Crippen LogP contribution is -2.44. The number of ether oxygens (including phenoxy) is 2. The summed E-state index contributed by atoms with van der Waals surface area (Å²) in [7, 11) is 0. The number of nitrogen functional groups attached to an aromatic ring is 1. The van der Waals surface area contributed by atoms with Crippen molar-refractivity contribution in [3.05, 3.63) is 29.8 Å². The molecule has 1 unspecified atom stereocenters. The largest absolute Gasteiger partial charge is 0.463 e. The van der Waals surface area contributed by atoms with Crippen LogP contribution in [0.25, 0.3) is 0 Å². The monoisotopic (exact) mass is 292 g/mol. The summed E-state index contributed by atoms with van der Waals surface area (Å²) >= 11 is 0. The van der Waals surface area contributed by atoms with E-state index in [0.717, 1.165) is 30.9 Å². The number of nitrogens with zero attached hydrogens (tertiary/aromatic N) is 1. The molecule has 21 heavy (non-hydrogen) atoms. The number of rotatable bonds is 6. The molecule has 1 aromatic rings. The molecule has 1 aromatic carbocycles. The van der Waals surface area contributed by atoms with Crippen molar-refractivity contribution in [2.24, 2.45) is 0 Å². The number of hydrogen-bond acceptors (Lipinski definition) is 5. The number of likely N-dealkylation sites (N-methyl/N-ethyl adjacent to an activating group) is 1. The Bertz CT molecular complexity index is 465. The minimum atomic E-state index is -0.186. The van der Waals surface area contributed by atoms with Crippen molar-refractivity contribution in [1.82, 2.24) is 4.90 Å². The average molecular weight is 292 g/mol. The number of anilines is 1. The van der Waals surface area contributed by atoms with Crippen LogP contribution in [-0.4, -0.2) is 49.8 Å². The summed E-state index contributed by atoms with van der Waals surface area (Å²) in [6, 6.07) is 7.58. The number of carbonyl (C=O) groups excluding carboxylic acids is 1. The number of hydrogen-bond donors (Lipinski definition) is 1. The highest BCUT2D eigenvalue weighted by atomic mass is 16.6. The summed E-state index contributed by atoms with van der Waals surface area (Å²) in [5.41, 5.74) is 7.48. The summed E-state index contributed by atoms with van der Waals surface area (Å²) in [6.07, 6.45) is 1.01. The maximum Gasteiger partial charge on any atom is 0.306 e. The van der Waals surface area contributed by atoms with Gasteiger partial charge in [0.25, 0.3) is 0 Å². The van der Waals surface area contributed by atoms with E-state index in [4.69, 9.17) is 15.2 Å². The Kier molecular flexibility index (Phi) is 6.02. The standard InChI is InChI=1S/C16H24N2O3/c1-2-18-8-9-20-15(11-18)12-21-16(19)7-6-13-4-3-5-14(17)10-13/h3-5,10,15H,2,6-9,11-12,17H2,1H3. The number of nitrogens with two attached hydrogens (primary N) is 1. The Morgan fingerprint density at radius 1 is 1.52 bits per heavy atom. The molecule has 1 atom stereocenters. The molecule has 1 heterocycles. The summed E-state index contributed by atoms with van der Waals surface area (Å²) in [6.45, 7) is 5.96. The zero-order valence-electron chi connectivity index (χ0n) is 12.6. The Labute approximate surface area is 126 Å². The molecule has 2 N–H and O–H groups in total. The quantitative estimate of drug-likeness (QED) is 0.635. The molecule has 0 aliphatic carbocycles. The topological polar surface area (TPSA) is 64.8 Å². The van der Waals surface area contributed by atoms with Crippen molar-refractivity contribution in [3.8, 4) is 0 Å². The summed E-state index contributed by atoms with van der Waals surface area (Å²) in [5.74, 6) is -0.186. The second-order valence-electron chi connectivity index (χ2n) is 5.31. The highest BCUT2D eigenvalue weighted by Crippen LogP contribution is 2.10. The van der Waals surface area contributed by atoms with Gasteiger partial charge in [-0.1, -0.05) is 19.1 Å². The van der Waals surface area contributed by atoms with Gasteiger partial charge in [0.15, 0.2) is 0 Å². The maximum atomic E-state index is 11.8. The van der Waals surface area contributed by atoms with E-state index >= 15 is 0 Å². The molecule has 0 bridgehead atoms. The smallest absolute Gasteiger partial charge is 0.306 e. The van der Waals surface area contributed by atoms with Crippen LogP contribution in [0.3, 0.4) is 0 Å². The van der Waals surface area contributed by atoms with E-state index in [9.17, 15) is 4.79 Å². The highest BCUT2D eigenvalue weighted by molar-refractivity contribution is 5.69. The van der Waals surface area contributed by atoms with Gasteiger partial charge in [0.05, 0.1) is 6.61 Å². The third-order valence-electron chi connectivity index (χ3n) is 3.67. The molecule has 0 spiro atoms. The predicted octanol–water partition coefficient (Wildman–Crippen LogP) is 1.47. The molecule has 1 aliphatic rings. The number of morpholine rings is 1. The van der Waals surface area contributed by atoms with Crippen LogP contribution in [0, 0.1) is 0 Å². The number of aryl methyl sites for hydroxylation is 1. The lowest BCUT2D eigenvalue weighted by Gasteiger charge is -2.31. The van der Waals surface area contributed by atoms with Crippen LogP contribution in [0.1, 0.15) is 18.9 Å². The van der Waals surface area contributed by atoms with Gasteiger partial charge in [-0.25, -0.2) is 0 Å². The van der Waals surface area contributed by atoms with Crippen LogP contribution in [0.5, 0.6) is 0 Å². The van der Waals surface area contributed by atoms with Crippen molar-refractivity contribution in [2.75, 3.05) is 38.6 Å². The van der Waals surface area contributed by atoms with E-state index < -0.39 is 0 Å². The Morgan fingerprint density at radius 2 is 2.38 bits per heavy atom. The van der Waals surface area contributed by atoms with Gasteiger partial charge in [-0.3, -0.25) is 9.69 Å². The van der Waals surface area contributed by atoms with Gasteiger partial charge in [-0.15, -0.1) is 0 Å². The predicted molar refractivity (Wildman–Crippen MR) is 82.0 cm³/mol. The number of benzene rings is 1. The van der Waals surface area contributed by atoms with Gasteiger partial charge < -0.3 is 15.2 Å². The number of carbonyl (C=O) groups is 1. The zero-order valence-corrected chi connectivity index (χ0v) is 12.6. The van der Waals surface area contributed by atoms with Crippen LogP contribution in [0.15, 0.2) is 24.3 Å². The first kappa shape index (κ1) is 15.8. The van der Waals surface area contributed by atoms with Gasteiger partial charge in [-0.2, -0.15) is 0 Å². The minimum Gasteiger partial charge on any atom is -0.463 e. The molecule has 1 saturated heterocycles. The molecule has 1 fully saturated rings. The molecular weight excluding hydrogens is 268 g/mol. The average Bonchev–Trinajstić information content (AvgIpc) is 2.51. The molecule has 1 aliphatic heterocycles. The van der Waals surface area contributed by atoms with E-state index in [1.54, 1.807) is 0 Å². The van der Waals surface area contributed by atoms with Crippen molar-refractivity contribution in [3.63, 3.8) is 0 Å². The normalized spacial score (nSPS) is 19.4. The van der Waals surface area contributed by atoms with Gasteiger partial charge >= 0.3 is 5.97 Å². The van der Waals surface area contributed by atoms with Crippen molar-refractivity contribution < 1.29 is 14.3 Å². The Balaban J connectivity index is 1.67. The van der Waals surface area contributed by atoms with Crippen molar-refractivity contribution in [2.45, 2.75) is 25.9 Å². The first-order valence-electron chi connectivity index (χ1n) is 7.51. The second kappa shape index (κ2) is 8.00. The SMILES string of the molecule is CCN1CCOC(COC(=O)CCc2cccc(N)c2)C1. The van der Waals surface area contributed by atoms with E-state index in [2.05, 4.69) is 11.8 Å². The summed E-state index contributed by atoms with van der Waals surface area (Å²) in [4.78, 5) is 14.1.